The van der Waals surface area contributed by atoms with Gasteiger partial charge in [-0.1, -0.05) is 0 Å². The molecule has 2 aliphatic rings. The molecule has 8 heteroatoms. The van der Waals surface area contributed by atoms with E-state index in [2.05, 4.69) is 58.6 Å². The summed E-state index contributed by atoms with van der Waals surface area (Å²) < 4.78 is 6.00. The number of likely N-dealkylation sites (tertiary alicyclic amines) is 1. The Bertz CT molecular complexity index is 1140. The number of aromatic nitrogens is 2. The Morgan fingerprint density at radius 3 is 2.53 bits per heavy atom. The number of nitrogens with zero attached hydrogens (tertiary/aromatic N) is 4. The van der Waals surface area contributed by atoms with Crippen molar-refractivity contribution in [2.45, 2.75) is 18.9 Å². The van der Waals surface area contributed by atoms with Gasteiger partial charge in [0.1, 0.15) is 5.69 Å². The van der Waals surface area contributed by atoms with Crippen LogP contribution >= 0.6 is 0 Å². The summed E-state index contributed by atoms with van der Waals surface area (Å²) in [6.07, 6.45) is 3.60. The first-order valence-electron chi connectivity index (χ1n) is 11.8. The second-order valence-corrected chi connectivity index (χ2v) is 9.14. The molecule has 5 rings (SSSR count). The van der Waals surface area contributed by atoms with Crippen molar-refractivity contribution in [1.82, 2.24) is 14.5 Å². The number of carbonyl (C=O) groups is 1. The highest BCUT2D eigenvalue weighted by molar-refractivity contribution is 5.83. The second-order valence-electron chi connectivity index (χ2n) is 9.14. The minimum Gasteiger partial charge on any atom is -0.378 e. The predicted molar refractivity (Wildman–Crippen MR) is 135 cm³/mol. The molecule has 34 heavy (non-hydrogen) atoms. The standard InChI is InChI=1S/C26H30N6O2/c1-32(16-2-3-24(32)25(27)33)22-10-4-19(5-11-22)23-12-13-28-26(30-23)29-20-6-8-21(9-7-20)31-14-17-34-18-15-31/h4-13,24H,2-3,14-18H2,1H3,(H2-,27,28,29,30,33)/p+1/t24-,32?/m0/s1. The number of primary amides is 1. The van der Waals surface area contributed by atoms with Gasteiger partial charge in [-0.15, -0.1) is 0 Å². The van der Waals surface area contributed by atoms with Gasteiger partial charge in [0.05, 0.1) is 32.5 Å². The third-order valence-electron chi connectivity index (χ3n) is 7.02. The number of nitrogens with one attached hydrogen (secondary N) is 1. The molecule has 2 aromatic carbocycles. The molecule has 3 heterocycles. The van der Waals surface area contributed by atoms with E-state index in [4.69, 9.17) is 15.5 Å². The predicted octanol–water partition coefficient (Wildman–Crippen LogP) is 3.31. The van der Waals surface area contributed by atoms with Crippen LogP contribution in [0.1, 0.15) is 12.8 Å². The molecule has 1 aromatic heterocycles. The molecular formula is C26H31N6O2+. The zero-order valence-corrected chi connectivity index (χ0v) is 19.5. The number of morpholine rings is 1. The first kappa shape index (κ1) is 22.3. The smallest absolute Gasteiger partial charge is 0.276 e. The molecule has 1 unspecified atom stereocenters. The molecule has 8 nitrogen and oxygen atoms in total. The zero-order chi connectivity index (χ0) is 23.5. The zero-order valence-electron chi connectivity index (χ0n) is 19.5. The van der Waals surface area contributed by atoms with Crippen molar-refractivity contribution >= 4 is 28.9 Å². The monoisotopic (exact) mass is 459 g/mol. The molecule has 0 aliphatic carbocycles. The summed E-state index contributed by atoms with van der Waals surface area (Å²) in [5, 5.41) is 3.30. The first-order chi connectivity index (χ1) is 16.5. The first-order valence-corrected chi connectivity index (χ1v) is 11.8. The molecular weight excluding hydrogens is 428 g/mol. The van der Waals surface area contributed by atoms with E-state index in [1.807, 2.05) is 18.2 Å². The lowest BCUT2D eigenvalue weighted by atomic mass is 10.1. The summed E-state index contributed by atoms with van der Waals surface area (Å²) in [5.74, 6) is 0.321. The Kier molecular flexibility index (Phi) is 6.17. The van der Waals surface area contributed by atoms with Crippen LogP contribution in [0.15, 0.2) is 60.8 Å². The Hall–Kier alpha value is -3.49. The summed E-state index contributed by atoms with van der Waals surface area (Å²) in [4.78, 5) is 23.4. The van der Waals surface area contributed by atoms with Crippen molar-refractivity contribution in [2.24, 2.45) is 5.73 Å². The third kappa shape index (κ3) is 4.47. The van der Waals surface area contributed by atoms with Gasteiger partial charge in [-0.3, -0.25) is 9.28 Å². The van der Waals surface area contributed by atoms with Crippen LogP contribution in [-0.4, -0.2) is 61.8 Å². The molecule has 2 atom stereocenters. The quantitative estimate of drug-likeness (QED) is 0.550. The van der Waals surface area contributed by atoms with Gasteiger partial charge in [0.25, 0.3) is 5.91 Å². The molecule has 1 amide bonds. The SMILES string of the molecule is C[N+]1(c2ccc(-c3ccnc(Nc4ccc(N5CCOCC5)cc4)n3)cc2)CCC[C@H]1C(N)=O. The molecule has 3 N–H and O–H groups in total. The lowest BCUT2D eigenvalue weighted by Gasteiger charge is -2.34. The Balaban J connectivity index is 1.30. The maximum Gasteiger partial charge on any atom is 0.276 e. The topological polar surface area (TPSA) is 93.4 Å². The van der Waals surface area contributed by atoms with Crippen molar-refractivity contribution in [3.05, 3.63) is 60.8 Å². The van der Waals surface area contributed by atoms with Crippen LogP contribution in [0.5, 0.6) is 0 Å². The summed E-state index contributed by atoms with van der Waals surface area (Å²) in [7, 11) is 2.09. The van der Waals surface area contributed by atoms with Crippen LogP contribution < -0.4 is 20.4 Å². The lowest BCUT2D eigenvalue weighted by Crippen LogP contribution is -2.55. The number of quaternary nitrogens is 1. The van der Waals surface area contributed by atoms with E-state index in [1.165, 1.54) is 5.69 Å². The van der Waals surface area contributed by atoms with E-state index in [0.29, 0.717) is 10.4 Å². The van der Waals surface area contributed by atoms with Crippen molar-refractivity contribution in [3.63, 3.8) is 0 Å². The Labute approximate surface area is 200 Å². The minimum atomic E-state index is -0.228. The van der Waals surface area contributed by atoms with Crippen molar-refractivity contribution in [3.8, 4) is 11.3 Å². The molecule has 2 saturated heterocycles. The fourth-order valence-corrected chi connectivity index (χ4v) is 5.04. The van der Waals surface area contributed by atoms with Gasteiger partial charge in [-0.05, 0) is 54.6 Å². The maximum atomic E-state index is 11.9. The van der Waals surface area contributed by atoms with Gasteiger partial charge in [0.15, 0.2) is 6.04 Å². The third-order valence-corrected chi connectivity index (χ3v) is 7.02. The van der Waals surface area contributed by atoms with E-state index in [-0.39, 0.29) is 11.9 Å². The van der Waals surface area contributed by atoms with Crippen molar-refractivity contribution in [1.29, 1.82) is 0 Å². The summed E-state index contributed by atoms with van der Waals surface area (Å²) in [5.41, 5.74) is 10.7. The summed E-state index contributed by atoms with van der Waals surface area (Å²) in [6.45, 7) is 4.28. The second kappa shape index (κ2) is 9.40. The van der Waals surface area contributed by atoms with Gasteiger partial charge >= 0.3 is 0 Å². The fourth-order valence-electron chi connectivity index (χ4n) is 5.04. The highest BCUT2D eigenvalue weighted by Gasteiger charge is 2.43. The van der Waals surface area contributed by atoms with E-state index in [0.717, 1.165) is 68.3 Å². The average Bonchev–Trinajstić information content (AvgIpc) is 3.28. The van der Waals surface area contributed by atoms with Crippen LogP contribution in [0.25, 0.3) is 11.3 Å². The number of likely N-dealkylation sites (N-methyl/N-ethyl adjacent to an activating group) is 1. The summed E-state index contributed by atoms with van der Waals surface area (Å²) in [6, 6.07) is 18.3. The largest absolute Gasteiger partial charge is 0.378 e. The Morgan fingerprint density at radius 1 is 1.09 bits per heavy atom. The Morgan fingerprint density at radius 2 is 1.82 bits per heavy atom. The number of anilines is 3. The lowest BCUT2D eigenvalue weighted by molar-refractivity contribution is -0.121. The number of benzene rings is 2. The van der Waals surface area contributed by atoms with Crippen LogP contribution in [0.4, 0.5) is 23.0 Å². The molecule has 2 fully saturated rings. The molecule has 176 valence electrons. The summed E-state index contributed by atoms with van der Waals surface area (Å²) >= 11 is 0. The van der Waals surface area contributed by atoms with Crippen molar-refractivity contribution < 1.29 is 9.53 Å². The molecule has 2 aliphatic heterocycles. The number of nitrogens with two attached hydrogens (primary N) is 1. The number of ether oxygens (including phenoxy) is 1. The van der Waals surface area contributed by atoms with Gasteiger partial charge in [-0.25, -0.2) is 9.97 Å². The van der Waals surface area contributed by atoms with Crippen LogP contribution in [0.3, 0.4) is 0 Å². The van der Waals surface area contributed by atoms with Gasteiger partial charge in [0.2, 0.25) is 5.95 Å². The number of carbonyl (C=O) groups excluding carboxylic acids is 1. The van der Waals surface area contributed by atoms with Gasteiger partial charge in [0, 0.05) is 49.1 Å². The molecule has 0 bridgehead atoms. The highest BCUT2D eigenvalue weighted by Crippen LogP contribution is 2.34. The number of hydrogen-bond donors (Lipinski definition) is 2. The van der Waals surface area contributed by atoms with Gasteiger partial charge < -0.3 is 20.7 Å². The van der Waals surface area contributed by atoms with Crippen LogP contribution in [0, 0.1) is 0 Å². The number of rotatable bonds is 6. The average molecular weight is 460 g/mol. The van der Waals surface area contributed by atoms with E-state index in [9.17, 15) is 4.79 Å². The van der Waals surface area contributed by atoms with E-state index in [1.54, 1.807) is 6.20 Å². The van der Waals surface area contributed by atoms with Crippen LogP contribution in [-0.2, 0) is 9.53 Å². The molecule has 0 saturated carbocycles. The van der Waals surface area contributed by atoms with Crippen molar-refractivity contribution in [2.75, 3.05) is 50.1 Å². The number of amides is 1. The highest BCUT2D eigenvalue weighted by atomic mass is 16.5. The van der Waals surface area contributed by atoms with E-state index >= 15 is 0 Å². The van der Waals surface area contributed by atoms with E-state index < -0.39 is 0 Å². The van der Waals surface area contributed by atoms with Crippen LogP contribution in [0.2, 0.25) is 0 Å². The molecule has 0 spiro atoms. The molecule has 0 radical (unpaired) electrons. The minimum absolute atomic E-state index is 0.171. The fraction of sp³-hybridized carbons (Fsp3) is 0.346. The maximum absolute atomic E-state index is 11.9. The molecule has 3 aromatic rings. The normalized spacial score (nSPS) is 22.5. The number of hydrogen-bond acceptors (Lipinski definition) is 6. The van der Waals surface area contributed by atoms with Gasteiger partial charge in [-0.2, -0.15) is 0 Å².